The molecule has 2 atom stereocenters. The van der Waals surface area contributed by atoms with E-state index in [1.807, 2.05) is 6.20 Å². The lowest BCUT2D eigenvalue weighted by Gasteiger charge is -2.14. The van der Waals surface area contributed by atoms with E-state index in [1.165, 1.54) is 101 Å². The van der Waals surface area contributed by atoms with Crippen LogP contribution in [0.5, 0.6) is 0 Å². The second-order valence-corrected chi connectivity index (χ2v) is 12.9. The van der Waals surface area contributed by atoms with Crippen molar-refractivity contribution in [1.29, 1.82) is 0 Å². The quantitative estimate of drug-likeness (QED) is 0.138. The van der Waals surface area contributed by atoms with E-state index in [4.69, 9.17) is 4.98 Å². The summed E-state index contributed by atoms with van der Waals surface area (Å²) in [5.41, 5.74) is 3.14. The molecule has 2 heterocycles. The van der Waals surface area contributed by atoms with E-state index in [1.54, 1.807) is 0 Å². The minimum absolute atomic E-state index is 0.333. The highest BCUT2D eigenvalue weighted by atomic mass is 28.2. The maximum absolute atomic E-state index is 4.70. The molecule has 0 radical (unpaired) electrons. The number of hydrogen-bond acceptors (Lipinski definition) is 3. The molecule has 0 N–H and O–H groups in total. The summed E-state index contributed by atoms with van der Waals surface area (Å²) in [5.74, 6) is 1.77. The van der Waals surface area contributed by atoms with E-state index >= 15 is 0 Å². The van der Waals surface area contributed by atoms with Crippen LogP contribution in [0.4, 0.5) is 0 Å². The van der Waals surface area contributed by atoms with E-state index in [9.17, 15) is 0 Å². The Bertz CT molecular complexity index is 777. The van der Waals surface area contributed by atoms with Crippen molar-refractivity contribution >= 4 is 14.7 Å². The van der Waals surface area contributed by atoms with Crippen molar-refractivity contribution in [2.45, 2.75) is 130 Å². The highest BCUT2D eigenvalue weighted by molar-refractivity contribution is 6.55. The Labute approximate surface area is 219 Å². The molecule has 0 aromatic carbocycles. The summed E-state index contributed by atoms with van der Waals surface area (Å²) in [5, 5.41) is 10.5. The lowest BCUT2D eigenvalue weighted by molar-refractivity contribution is 0.400. The van der Waals surface area contributed by atoms with Gasteiger partial charge >= 0.3 is 0 Å². The molecular weight excluding hydrogens is 442 g/mol. The molecule has 0 fully saturated rings. The molecule has 2 rings (SSSR count). The molecule has 2 unspecified atom stereocenters. The van der Waals surface area contributed by atoms with E-state index in [-0.39, 0.29) is 9.52 Å². The van der Waals surface area contributed by atoms with Gasteiger partial charge in [-0.3, -0.25) is 4.98 Å². The Morgan fingerprint density at radius 1 is 0.714 bits per heavy atom. The Kier molecular flexibility index (Phi) is 15.8. The third-order valence-electron chi connectivity index (χ3n) is 7.48. The van der Waals surface area contributed by atoms with Crippen LogP contribution in [0, 0.1) is 11.8 Å². The lowest BCUT2D eigenvalue weighted by Crippen LogP contribution is -2.18. The van der Waals surface area contributed by atoms with Crippen LogP contribution in [0.25, 0.3) is 11.4 Å². The van der Waals surface area contributed by atoms with Crippen LogP contribution in [0.1, 0.15) is 123 Å². The number of pyridine rings is 1. The molecule has 3 nitrogen and oxygen atoms in total. The first-order chi connectivity index (χ1) is 17.1. The largest absolute Gasteiger partial charge is 0.255 e. The van der Waals surface area contributed by atoms with E-state index < -0.39 is 0 Å². The second-order valence-electron chi connectivity index (χ2n) is 11.0. The molecule has 0 aliphatic carbocycles. The standard InChI is InChI=1S/C31H53N3Si/c1-5-7-9-10-12-20-28-22-23-29(34-33-28)31-30(21-14-24-32-31)35-25-15-19-27(4)18-13-17-26(3)16-11-8-6-2/h14,21-24,26-27H,5-13,15-20,25,35H2,1-4H3. The Hall–Kier alpha value is -1.55. The molecule has 2 aromatic heterocycles. The van der Waals surface area contributed by atoms with Gasteiger partial charge in [-0.05, 0) is 48.1 Å². The van der Waals surface area contributed by atoms with Crippen LogP contribution in [0.3, 0.4) is 0 Å². The van der Waals surface area contributed by atoms with Crippen LogP contribution < -0.4 is 5.19 Å². The highest BCUT2D eigenvalue weighted by Gasteiger charge is 2.10. The number of aryl methyl sites for hydroxylation is 1. The molecule has 35 heavy (non-hydrogen) atoms. The highest BCUT2D eigenvalue weighted by Crippen LogP contribution is 2.21. The molecule has 0 aliphatic rings. The topological polar surface area (TPSA) is 38.7 Å². The molecule has 0 bridgehead atoms. The Balaban J connectivity index is 1.70. The molecule has 0 saturated heterocycles. The first-order valence-electron chi connectivity index (χ1n) is 14.9. The van der Waals surface area contributed by atoms with Gasteiger partial charge in [0, 0.05) is 6.20 Å². The number of hydrogen-bond donors (Lipinski definition) is 0. The summed E-state index contributed by atoms with van der Waals surface area (Å²) in [7, 11) is -0.333. The summed E-state index contributed by atoms with van der Waals surface area (Å²) in [6, 6.07) is 10.0. The van der Waals surface area contributed by atoms with Crippen molar-refractivity contribution in [2.75, 3.05) is 0 Å². The van der Waals surface area contributed by atoms with Crippen molar-refractivity contribution in [3.05, 3.63) is 36.2 Å². The van der Waals surface area contributed by atoms with Crippen LogP contribution >= 0.6 is 0 Å². The fourth-order valence-electron chi connectivity index (χ4n) is 5.05. The first kappa shape index (κ1) is 29.7. The van der Waals surface area contributed by atoms with Crippen molar-refractivity contribution < 1.29 is 0 Å². The molecule has 0 aliphatic heterocycles. The minimum atomic E-state index is -0.333. The van der Waals surface area contributed by atoms with Gasteiger partial charge in [0.1, 0.15) is 5.69 Å². The summed E-state index contributed by atoms with van der Waals surface area (Å²) in [4.78, 5) is 4.70. The van der Waals surface area contributed by atoms with Crippen molar-refractivity contribution in [3.8, 4) is 11.4 Å². The molecular formula is C31H53N3Si. The van der Waals surface area contributed by atoms with Gasteiger partial charge in [-0.1, -0.05) is 123 Å². The average molecular weight is 496 g/mol. The first-order valence-corrected chi connectivity index (χ1v) is 16.6. The van der Waals surface area contributed by atoms with Crippen LogP contribution in [0.15, 0.2) is 30.5 Å². The van der Waals surface area contributed by atoms with Crippen LogP contribution in [0.2, 0.25) is 6.04 Å². The molecule has 0 spiro atoms. The third kappa shape index (κ3) is 12.8. The van der Waals surface area contributed by atoms with Gasteiger partial charge in [-0.25, -0.2) is 0 Å². The van der Waals surface area contributed by atoms with Gasteiger partial charge in [0.25, 0.3) is 0 Å². The van der Waals surface area contributed by atoms with Crippen LogP contribution in [-0.4, -0.2) is 24.7 Å². The zero-order valence-electron chi connectivity index (χ0n) is 23.4. The van der Waals surface area contributed by atoms with Gasteiger partial charge in [0.2, 0.25) is 0 Å². The SMILES string of the molecule is CCCCCCCc1ccc(-c2ncccc2[SiH2]CCCC(C)CCCC(C)CCCCC)nn1. The smallest absolute Gasteiger partial charge is 0.111 e. The van der Waals surface area contributed by atoms with E-state index in [0.717, 1.165) is 35.3 Å². The van der Waals surface area contributed by atoms with Gasteiger partial charge in [0.05, 0.1) is 20.9 Å². The maximum Gasteiger partial charge on any atom is 0.111 e. The predicted octanol–water partition coefficient (Wildman–Crippen LogP) is 8.07. The fourth-order valence-corrected chi connectivity index (χ4v) is 6.79. The third-order valence-corrected chi connectivity index (χ3v) is 9.44. The maximum atomic E-state index is 4.70. The summed E-state index contributed by atoms with van der Waals surface area (Å²) < 4.78 is 0. The van der Waals surface area contributed by atoms with Crippen molar-refractivity contribution in [1.82, 2.24) is 15.2 Å². The summed E-state index contributed by atoms with van der Waals surface area (Å²) in [6.07, 6.45) is 22.0. The number of nitrogens with zero attached hydrogens (tertiary/aromatic N) is 3. The summed E-state index contributed by atoms with van der Waals surface area (Å²) in [6.45, 7) is 9.47. The van der Waals surface area contributed by atoms with E-state index in [0.29, 0.717) is 0 Å². The van der Waals surface area contributed by atoms with Gasteiger partial charge in [-0.2, -0.15) is 5.10 Å². The molecule has 2 aromatic rings. The molecule has 0 amide bonds. The van der Waals surface area contributed by atoms with Crippen LogP contribution in [-0.2, 0) is 6.42 Å². The van der Waals surface area contributed by atoms with Gasteiger partial charge in [-0.15, -0.1) is 5.10 Å². The monoisotopic (exact) mass is 495 g/mol. The molecule has 0 saturated carbocycles. The Morgan fingerprint density at radius 2 is 1.40 bits per heavy atom. The average Bonchev–Trinajstić information content (AvgIpc) is 2.87. The van der Waals surface area contributed by atoms with Crippen molar-refractivity contribution in [3.63, 3.8) is 0 Å². The molecule has 196 valence electrons. The molecule has 4 heteroatoms. The van der Waals surface area contributed by atoms with E-state index in [2.05, 4.69) is 62.2 Å². The zero-order chi connectivity index (χ0) is 25.1. The lowest BCUT2D eigenvalue weighted by atomic mass is 9.93. The normalized spacial score (nSPS) is 13.5. The Morgan fingerprint density at radius 3 is 2.11 bits per heavy atom. The second kappa shape index (κ2) is 18.7. The van der Waals surface area contributed by atoms with Crippen molar-refractivity contribution in [2.24, 2.45) is 11.8 Å². The zero-order valence-corrected chi connectivity index (χ0v) is 24.8. The number of rotatable bonds is 20. The fraction of sp³-hybridized carbons (Fsp3) is 0.710. The number of aromatic nitrogens is 3. The summed E-state index contributed by atoms with van der Waals surface area (Å²) >= 11 is 0. The predicted molar refractivity (Wildman–Crippen MR) is 156 cm³/mol. The number of unbranched alkanes of at least 4 members (excludes halogenated alkanes) is 6. The minimum Gasteiger partial charge on any atom is -0.255 e. The van der Waals surface area contributed by atoms with Gasteiger partial charge in [0.15, 0.2) is 0 Å². The van der Waals surface area contributed by atoms with Gasteiger partial charge < -0.3 is 0 Å².